The summed E-state index contributed by atoms with van der Waals surface area (Å²) in [4.78, 5) is 16.5. The van der Waals surface area contributed by atoms with Gasteiger partial charge in [0.25, 0.3) is 0 Å². The van der Waals surface area contributed by atoms with E-state index in [2.05, 4.69) is 17.9 Å². The molecule has 1 amide bonds. The summed E-state index contributed by atoms with van der Waals surface area (Å²) >= 11 is 0. The van der Waals surface area contributed by atoms with Crippen molar-refractivity contribution in [1.29, 1.82) is 0 Å². The predicted octanol–water partition coefficient (Wildman–Crippen LogP) is 4.32. The van der Waals surface area contributed by atoms with Gasteiger partial charge in [-0.15, -0.1) is 0 Å². The second kappa shape index (κ2) is 8.56. The molecule has 1 saturated heterocycles. The van der Waals surface area contributed by atoms with Gasteiger partial charge in [0.1, 0.15) is 5.75 Å². The molecule has 0 unspecified atom stereocenters. The second-order valence-electron chi connectivity index (χ2n) is 6.35. The van der Waals surface area contributed by atoms with E-state index in [1.165, 1.54) is 0 Å². The summed E-state index contributed by atoms with van der Waals surface area (Å²) in [5.74, 6) is 1.98. The molecule has 0 spiro atoms. The molecule has 0 aliphatic carbocycles. The Hall–Kier alpha value is -2.49. The highest BCUT2D eigenvalue weighted by Gasteiger charge is 2.22. The third kappa shape index (κ3) is 4.53. The van der Waals surface area contributed by atoms with Gasteiger partial charge in [-0.05, 0) is 30.7 Å². The van der Waals surface area contributed by atoms with Gasteiger partial charge in [0.05, 0.1) is 5.69 Å². The second-order valence-corrected chi connectivity index (χ2v) is 6.35. The van der Waals surface area contributed by atoms with E-state index < -0.39 is 0 Å². The molecule has 25 heavy (non-hydrogen) atoms. The van der Waals surface area contributed by atoms with Crippen molar-refractivity contribution in [2.45, 2.75) is 26.2 Å². The molecule has 2 aromatic rings. The number of ether oxygens (including phenoxy) is 1. The maximum absolute atomic E-state index is 12.2. The first-order valence-corrected chi connectivity index (χ1v) is 9.12. The zero-order chi connectivity index (χ0) is 17.5. The molecular weight excluding hydrogens is 312 g/mol. The van der Waals surface area contributed by atoms with Crippen LogP contribution < -0.4 is 9.64 Å². The van der Waals surface area contributed by atoms with Crippen LogP contribution in [0.3, 0.4) is 0 Å². The van der Waals surface area contributed by atoms with Crippen molar-refractivity contribution in [3.63, 3.8) is 0 Å². The molecule has 0 aromatic heterocycles. The SMILES string of the molecule is CCCCC(=O)N1CCN(c2ccccc2Oc2ccccc2)CC1. The van der Waals surface area contributed by atoms with Crippen molar-refractivity contribution in [3.05, 3.63) is 54.6 Å². The van der Waals surface area contributed by atoms with E-state index in [-0.39, 0.29) is 5.91 Å². The lowest BCUT2D eigenvalue weighted by Gasteiger charge is -2.36. The van der Waals surface area contributed by atoms with Gasteiger partial charge in [-0.2, -0.15) is 0 Å². The first kappa shape index (κ1) is 17.3. The number of anilines is 1. The van der Waals surface area contributed by atoms with Crippen molar-refractivity contribution >= 4 is 11.6 Å². The van der Waals surface area contributed by atoms with Gasteiger partial charge in [0, 0.05) is 32.6 Å². The third-order valence-corrected chi connectivity index (χ3v) is 4.55. The van der Waals surface area contributed by atoms with Crippen molar-refractivity contribution < 1.29 is 9.53 Å². The lowest BCUT2D eigenvalue weighted by Crippen LogP contribution is -2.48. The first-order chi connectivity index (χ1) is 12.3. The number of carbonyl (C=O) groups excluding carboxylic acids is 1. The number of rotatable bonds is 6. The summed E-state index contributed by atoms with van der Waals surface area (Å²) in [6, 6.07) is 18.0. The van der Waals surface area contributed by atoms with Crippen LogP contribution in [0.15, 0.2) is 54.6 Å². The molecule has 0 saturated carbocycles. The largest absolute Gasteiger partial charge is 0.455 e. The summed E-state index contributed by atoms with van der Waals surface area (Å²) in [6.45, 7) is 5.36. The van der Waals surface area contributed by atoms with Gasteiger partial charge in [0.2, 0.25) is 5.91 Å². The number of unbranched alkanes of at least 4 members (excludes halogenated alkanes) is 1. The Morgan fingerprint density at radius 3 is 2.36 bits per heavy atom. The van der Waals surface area contributed by atoms with Crippen LogP contribution in [-0.2, 0) is 4.79 Å². The maximum atomic E-state index is 12.2. The Kier molecular flexibility index (Phi) is 5.94. The number of amides is 1. The fraction of sp³-hybridized carbons (Fsp3) is 0.381. The Morgan fingerprint density at radius 2 is 1.64 bits per heavy atom. The Balaban J connectivity index is 1.64. The van der Waals surface area contributed by atoms with Gasteiger partial charge in [-0.25, -0.2) is 0 Å². The predicted molar refractivity (Wildman–Crippen MR) is 101 cm³/mol. The van der Waals surface area contributed by atoms with E-state index in [1.54, 1.807) is 0 Å². The molecule has 0 bridgehead atoms. The van der Waals surface area contributed by atoms with Gasteiger partial charge in [-0.3, -0.25) is 4.79 Å². The Labute approximate surface area is 150 Å². The highest BCUT2D eigenvalue weighted by molar-refractivity contribution is 5.76. The lowest BCUT2D eigenvalue weighted by molar-refractivity contribution is -0.131. The summed E-state index contributed by atoms with van der Waals surface area (Å²) in [6.07, 6.45) is 2.72. The number of carbonyl (C=O) groups is 1. The van der Waals surface area contributed by atoms with Gasteiger partial charge >= 0.3 is 0 Å². The zero-order valence-corrected chi connectivity index (χ0v) is 14.9. The quantitative estimate of drug-likeness (QED) is 0.786. The fourth-order valence-corrected chi connectivity index (χ4v) is 3.10. The molecule has 1 aliphatic heterocycles. The molecule has 0 radical (unpaired) electrons. The third-order valence-electron chi connectivity index (χ3n) is 4.55. The average molecular weight is 338 g/mol. The highest BCUT2D eigenvalue weighted by atomic mass is 16.5. The molecule has 132 valence electrons. The molecule has 4 heteroatoms. The number of piperazine rings is 1. The van der Waals surface area contributed by atoms with Crippen molar-refractivity contribution in [2.24, 2.45) is 0 Å². The molecule has 1 aliphatic rings. The van der Waals surface area contributed by atoms with E-state index in [9.17, 15) is 4.79 Å². The van der Waals surface area contributed by atoms with Crippen molar-refractivity contribution in [2.75, 3.05) is 31.1 Å². The normalized spacial score (nSPS) is 14.4. The topological polar surface area (TPSA) is 32.8 Å². The van der Waals surface area contributed by atoms with Crippen molar-refractivity contribution in [3.8, 4) is 11.5 Å². The summed E-state index contributed by atoms with van der Waals surface area (Å²) < 4.78 is 6.07. The van der Waals surface area contributed by atoms with Crippen LogP contribution in [0.2, 0.25) is 0 Å². The van der Waals surface area contributed by atoms with Crippen LogP contribution in [0.25, 0.3) is 0 Å². The van der Waals surface area contributed by atoms with Crippen LogP contribution in [0, 0.1) is 0 Å². The number of hydrogen-bond acceptors (Lipinski definition) is 3. The van der Waals surface area contributed by atoms with E-state index in [0.717, 1.165) is 56.2 Å². The van der Waals surface area contributed by atoms with Crippen LogP contribution >= 0.6 is 0 Å². The van der Waals surface area contributed by atoms with E-state index >= 15 is 0 Å². The molecule has 2 aromatic carbocycles. The average Bonchev–Trinajstić information content (AvgIpc) is 2.67. The van der Waals surface area contributed by atoms with Crippen LogP contribution in [0.4, 0.5) is 5.69 Å². The van der Waals surface area contributed by atoms with E-state index in [0.29, 0.717) is 6.42 Å². The number of benzene rings is 2. The first-order valence-electron chi connectivity index (χ1n) is 9.12. The lowest BCUT2D eigenvalue weighted by atomic mass is 10.2. The summed E-state index contributed by atoms with van der Waals surface area (Å²) in [7, 11) is 0. The molecule has 0 N–H and O–H groups in total. The van der Waals surface area contributed by atoms with Gasteiger partial charge in [0.15, 0.2) is 5.75 Å². The smallest absolute Gasteiger partial charge is 0.222 e. The minimum atomic E-state index is 0.287. The van der Waals surface area contributed by atoms with Crippen LogP contribution in [0.5, 0.6) is 11.5 Å². The summed E-state index contributed by atoms with van der Waals surface area (Å²) in [5.41, 5.74) is 1.09. The molecule has 1 heterocycles. The van der Waals surface area contributed by atoms with Crippen molar-refractivity contribution in [1.82, 2.24) is 4.90 Å². The van der Waals surface area contributed by atoms with E-state index in [1.807, 2.05) is 53.4 Å². The van der Waals surface area contributed by atoms with Gasteiger partial charge in [-0.1, -0.05) is 43.7 Å². The summed E-state index contributed by atoms with van der Waals surface area (Å²) in [5, 5.41) is 0. The number of nitrogens with zero attached hydrogens (tertiary/aromatic N) is 2. The number of para-hydroxylation sites is 3. The van der Waals surface area contributed by atoms with E-state index in [4.69, 9.17) is 4.74 Å². The monoisotopic (exact) mass is 338 g/mol. The molecular formula is C21H26N2O2. The van der Waals surface area contributed by atoms with Crippen LogP contribution in [0.1, 0.15) is 26.2 Å². The number of hydrogen-bond donors (Lipinski definition) is 0. The standard InChI is InChI=1S/C21H26N2O2/c1-2-3-13-21(24)23-16-14-22(15-17-23)19-11-7-8-12-20(19)25-18-9-5-4-6-10-18/h4-12H,2-3,13-17H2,1H3. The van der Waals surface area contributed by atoms with Crippen LogP contribution in [-0.4, -0.2) is 37.0 Å². The minimum Gasteiger partial charge on any atom is -0.455 e. The highest BCUT2D eigenvalue weighted by Crippen LogP contribution is 2.32. The molecule has 1 fully saturated rings. The maximum Gasteiger partial charge on any atom is 0.222 e. The molecule has 4 nitrogen and oxygen atoms in total. The minimum absolute atomic E-state index is 0.287. The fourth-order valence-electron chi connectivity index (χ4n) is 3.10. The Bertz CT molecular complexity index is 679. The zero-order valence-electron chi connectivity index (χ0n) is 14.9. The Morgan fingerprint density at radius 1 is 0.960 bits per heavy atom. The van der Waals surface area contributed by atoms with Gasteiger partial charge < -0.3 is 14.5 Å². The molecule has 3 rings (SSSR count). The molecule has 0 atom stereocenters.